The molecular weight excluding hydrogens is 330 g/mol. The highest BCUT2D eigenvalue weighted by molar-refractivity contribution is 6.32. The average molecular weight is 352 g/mol. The van der Waals surface area contributed by atoms with Crippen LogP contribution in [0.4, 0.5) is 11.5 Å². The molecule has 1 N–H and O–H groups in total. The third-order valence-electron chi connectivity index (χ3n) is 4.35. The van der Waals surface area contributed by atoms with E-state index in [0.29, 0.717) is 11.0 Å². The van der Waals surface area contributed by atoms with Crippen LogP contribution in [0.15, 0.2) is 10.9 Å². The van der Waals surface area contributed by atoms with Crippen LogP contribution in [0.5, 0.6) is 0 Å². The first-order chi connectivity index (χ1) is 11.6. The highest BCUT2D eigenvalue weighted by Gasteiger charge is 2.27. The molecule has 1 aliphatic heterocycles. The van der Waals surface area contributed by atoms with Crippen molar-refractivity contribution in [3.05, 3.63) is 23.2 Å². The molecule has 0 aromatic carbocycles. The summed E-state index contributed by atoms with van der Waals surface area (Å²) in [4.78, 5) is 17.4. The fourth-order valence-corrected chi connectivity index (χ4v) is 3.09. The van der Waals surface area contributed by atoms with Crippen LogP contribution in [-0.4, -0.2) is 58.2 Å². The monoisotopic (exact) mass is 351 g/mol. The van der Waals surface area contributed by atoms with Gasteiger partial charge in [0.1, 0.15) is 12.0 Å². The van der Waals surface area contributed by atoms with Gasteiger partial charge in [-0.15, -0.1) is 0 Å². The first-order valence-corrected chi connectivity index (χ1v) is 8.51. The second-order valence-corrected chi connectivity index (χ2v) is 6.07. The fourth-order valence-electron chi connectivity index (χ4n) is 2.87. The van der Waals surface area contributed by atoms with Crippen molar-refractivity contribution in [3.8, 4) is 0 Å². The van der Waals surface area contributed by atoms with Crippen LogP contribution < -0.4 is 10.2 Å². The van der Waals surface area contributed by atoms with Crippen LogP contribution in [0.25, 0.3) is 0 Å². The molecule has 0 saturated carbocycles. The highest BCUT2D eigenvalue weighted by atomic mass is 35.5. The number of hydrogen-bond donors (Lipinski definition) is 1. The van der Waals surface area contributed by atoms with Gasteiger partial charge in [0.25, 0.3) is 0 Å². The Morgan fingerprint density at radius 2 is 2.04 bits per heavy atom. The zero-order chi connectivity index (χ0) is 17.1. The van der Waals surface area contributed by atoms with Crippen molar-refractivity contribution in [3.63, 3.8) is 0 Å². The zero-order valence-electron chi connectivity index (χ0n) is 14.2. The van der Waals surface area contributed by atoms with Gasteiger partial charge in [-0.25, -0.2) is 9.97 Å². The molecule has 2 aromatic rings. The Balaban J connectivity index is 1.66. The Morgan fingerprint density at radius 3 is 2.67 bits per heavy atom. The quantitative estimate of drug-likeness (QED) is 0.819. The van der Waals surface area contributed by atoms with E-state index in [-0.39, 0.29) is 6.04 Å². The Kier molecular flexibility index (Phi) is 5.15. The molecule has 1 saturated heterocycles. The lowest BCUT2D eigenvalue weighted by molar-refractivity contribution is 0.164. The largest absolute Gasteiger partial charge is 0.383 e. The molecular formula is C15H22ClN7O. The molecule has 1 fully saturated rings. The van der Waals surface area contributed by atoms with E-state index in [4.69, 9.17) is 16.1 Å². The molecule has 1 atom stereocenters. The van der Waals surface area contributed by atoms with Crippen LogP contribution >= 0.6 is 11.6 Å². The van der Waals surface area contributed by atoms with Crippen molar-refractivity contribution in [1.82, 2.24) is 25.0 Å². The maximum atomic E-state index is 6.15. The van der Waals surface area contributed by atoms with Crippen molar-refractivity contribution < 1.29 is 4.52 Å². The molecule has 3 heterocycles. The molecule has 1 unspecified atom stereocenters. The van der Waals surface area contributed by atoms with Crippen LogP contribution in [0.3, 0.4) is 0 Å². The summed E-state index contributed by atoms with van der Waals surface area (Å²) >= 11 is 6.15. The molecule has 0 aliphatic carbocycles. The lowest BCUT2D eigenvalue weighted by atomic mass is 10.2. The van der Waals surface area contributed by atoms with Crippen molar-refractivity contribution in [2.24, 2.45) is 0 Å². The van der Waals surface area contributed by atoms with Gasteiger partial charge in [-0.05, 0) is 6.92 Å². The number of nitrogens with zero attached hydrogens (tertiary/aromatic N) is 6. The van der Waals surface area contributed by atoms with Gasteiger partial charge in [0.15, 0.2) is 16.8 Å². The smallest absolute Gasteiger partial charge is 0.243 e. The minimum atomic E-state index is 0.109. The fraction of sp³-hybridized carbons (Fsp3) is 0.600. The second kappa shape index (κ2) is 7.31. The minimum Gasteiger partial charge on any atom is -0.383 e. The Bertz CT molecular complexity index is 684. The summed E-state index contributed by atoms with van der Waals surface area (Å²) in [5.41, 5.74) is 0.769. The summed E-state index contributed by atoms with van der Waals surface area (Å²) in [6, 6.07) is 0.109. The standard InChI is InChI=1S/C15H22ClN7O/c1-4-11-20-15(24-21-11)10(2)22-5-7-23(8-6-22)14-12(17-3)13(16)18-9-19-14/h9-10,17H,4-8H2,1-3H3. The van der Waals surface area contributed by atoms with E-state index in [1.54, 1.807) is 0 Å². The maximum absolute atomic E-state index is 6.15. The number of rotatable bonds is 5. The minimum absolute atomic E-state index is 0.109. The van der Waals surface area contributed by atoms with Crippen LogP contribution in [0, 0.1) is 0 Å². The average Bonchev–Trinajstić information content (AvgIpc) is 3.10. The molecule has 0 amide bonds. The maximum Gasteiger partial charge on any atom is 0.243 e. The van der Waals surface area contributed by atoms with Gasteiger partial charge < -0.3 is 14.7 Å². The number of piperazine rings is 1. The van der Waals surface area contributed by atoms with Crippen molar-refractivity contribution in [1.29, 1.82) is 0 Å². The first-order valence-electron chi connectivity index (χ1n) is 8.13. The van der Waals surface area contributed by atoms with Crippen molar-refractivity contribution >= 4 is 23.1 Å². The van der Waals surface area contributed by atoms with E-state index < -0.39 is 0 Å². The van der Waals surface area contributed by atoms with Gasteiger partial charge in [-0.2, -0.15) is 4.98 Å². The van der Waals surface area contributed by atoms with E-state index in [9.17, 15) is 0 Å². The summed E-state index contributed by atoms with van der Waals surface area (Å²) in [7, 11) is 1.83. The van der Waals surface area contributed by atoms with Gasteiger partial charge in [0.05, 0.1) is 6.04 Å². The lowest BCUT2D eigenvalue weighted by Gasteiger charge is -2.37. The van der Waals surface area contributed by atoms with Crippen molar-refractivity contribution in [2.45, 2.75) is 26.3 Å². The number of aromatic nitrogens is 4. The van der Waals surface area contributed by atoms with Gasteiger partial charge in [-0.1, -0.05) is 23.7 Å². The molecule has 0 radical (unpaired) electrons. The Hall–Kier alpha value is -1.93. The summed E-state index contributed by atoms with van der Waals surface area (Å²) in [6.07, 6.45) is 2.28. The molecule has 8 nitrogen and oxygen atoms in total. The number of hydrogen-bond acceptors (Lipinski definition) is 8. The predicted octanol–water partition coefficient (Wildman–Crippen LogP) is 2.00. The molecule has 9 heteroatoms. The summed E-state index contributed by atoms with van der Waals surface area (Å²) in [5, 5.41) is 7.51. The van der Waals surface area contributed by atoms with Crippen molar-refractivity contribution in [2.75, 3.05) is 43.4 Å². The van der Waals surface area contributed by atoms with E-state index in [1.807, 2.05) is 14.0 Å². The number of aryl methyl sites for hydroxylation is 1. The van der Waals surface area contributed by atoms with Crippen LogP contribution in [-0.2, 0) is 6.42 Å². The lowest BCUT2D eigenvalue weighted by Crippen LogP contribution is -2.47. The van der Waals surface area contributed by atoms with E-state index >= 15 is 0 Å². The Labute approximate surface area is 146 Å². The van der Waals surface area contributed by atoms with Gasteiger partial charge in [0, 0.05) is 39.6 Å². The molecule has 0 spiro atoms. The van der Waals surface area contributed by atoms with Gasteiger partial charge >= 0.3 is 0 Å². The van der Waals surface area contributed by atoms with Gasteiger partial charge in [0.2, 0.25) is 5.89 Å². The molecule has 24 heavy (non-hydrogen) atoms. The third-order valence-corrected chi connectivity index (χ3v) is 4.64. The SMILES string of the molecule is CCc1noc(C(C)N2CCN(c3ncnc(Cl)c3NC)CC2)n1. The second-order valence-electron chi connectivity index (χ2n) is 5.71. The Morgan fingerprint density at radius 1 is 1.29 bits per heavy atom. The molecule has 3 rings (SSSR count). The number of halogens is 1. The zero-order valence-corrected chi connectivity index (χ0v) is 14.9. The summed E-state index contributed by atoms with van der Waals surface area (Å²) in [6.45, 7) is 7.58. The highest BCUT2D eigenvalue weighted by Crippen LogP contribution is 2.30. The predicted molar refractivity (Wildman–Crippen MR) is 92.5 cm³/mol. The van der Waals surface area contributed by atoms with Crippen LogP contribution in [0.1, 0.15) is 31.6 Å². The van der Waals surface area contributed by atoms with E-state index in [0.717, 1.165) is 49.9 Å². The molecule has 0 bridgehead atoms. The molecule has 2 aromatic heterocycles. The van der Waals surface area contributed by atoms with E-state index in [2.05, 4.69) is 42.1 Å². The topological polar surface area (TPSA) is 83.2 Å². The molecule has 130 valence electrons. The van der Waals surface area contributed by atoms with Crippen LogP contribution in [0.2, 0.25) is 5.15 Å². The van der Waals surface area contributed by atoms with E-state index in [1.165, 1.54) is 6.33 Å². The number of anilines is 2. The first kappa shape index (κ1) is 16.9. The molecule has 1 aliphatic rings. The van der Waals surface area contributed by atoms with Gasteiger partial charge in [-0.3, -0.25) is 4.90 Å². The summed E-state index contributed by atoms with van der Waals surface area (Å²) in [5.74, 6) is 2.28. The third kappa shape index (κ3) is 3.29. The number of nitrogens with one attached hydrogen (secondary N) is 1. The summed E-state index contributed by atoms with van der Waals surface area (Å²) < 4.78 is 5.37. The normalized spacial score (nSPS) is 17.1.